The van der Waals surface area contributed by atoms with Crippen molar-refractivity contribution < 1.29 is 4.74 Å². The summed E-state index contributed by atoms with van der Waals surface area (Å²) in [4.78, 5) is 0. The van der Waals surface area contributed by atoms with Gasteiger partial charge in [-0.1, -0.05) is 58.6 Å². The van der Waals surface area contributed by atoms with Gasteiger partial charge in [0.05, 0.1) is 16.4 Å². The van der Waals surface area contributed by atoms with E-state index in [-0.39, 0.29) is 0 Å². The molecule has 1 N–H and O–H groups in total. The first kappa shape index (κ1) is 18.3. The highest BCUT2D eigenvalue weighted by molar-refractivity contribution is 6.35. The fourth-order valence-electron chi connectivity index (χ4n) is 2.58. The van der Waals surface area contributed by atoms with Crippen LogP contribution in [0.3, 0.4) is 0 Å². The van der Waals surface area contributed by atoms with Gasteiger partial charge < -0.3 is 10.1 Å². The van der Waals surface area contributed by atoms with Gasteiger partial charge in [0, 0.05) is 11.6 Å². The third-order valence-corrected chi connectivity index (χ3v) is 4.55. The van der Waals surface area contributed by atoms with Crippen molar-refractivity contribution in [2.75, 3.05) is 5.32 Å². The Labute approximate surface area is 171 Å². The SMILES string of the molecule is Clc1ccc(Cl)c(NCc2ccc(Oc3nnnn3-c3ccccc3)cc2)c1. The molecular weight excluding hydrogens is 397 g/mol. The van der Waals surface area contributed by atoms with E-state index in [9.17, 15) is 0 Å². The van der Waals surface area contributed by atoms with Crippen molar-refractivity contribution in [3.8, 4) is 17.4 Å². The molecule has 1 heterocycles. The largest absolute Gasteiger partial charge is 0.423 e. The number of hydrogen-bond acceptors (Lipinski definition) is 5. The second kappa shape index (κ2) is 8.29. The van der Waals surface area contributed by atoms with Crippen LogP contribution in [0.5, 0.6) is 11.8 Å². The lowest BCUT2D eigenvalue weighted by atomic mass is 10.2. The molecule has 0 aliphatic heterocycles. The average Bonchev–Trinajstić information content (AvgIpc) is 3.18. The molecule has 28 heavy (non-hydrogen) atoms. The van der Waals surface area contributed by atoms with E-state index in [4.69, 9.17) is 27.9 Å². The van der Waals surface area contributed by atoms with Crippen molar-refractivity contribution in [3.63, 3.8) is 0 Å². The fraction of sp³-hybridized carbons (Fsp3) is 0.0500. The molecule has 6 nitrogen and oxygen atoms in total. The van der Waals surface area contributed by atoms with Gasteiger partial charge >= 0.3 is 6.01 Å². The zero-order chi connectivity index (χ0) is 19.3. The lowest BCUT2D eigenvalue weighted by Gasteiger charge is -2.10. The molecule has 3 aromatic carbocycles. The molecule has 4 aromatic rings. The summed E-state index contributed by atoms with van der Waals surface area (Å²) in [6.45, 7) is 0.599. The monoisotopic (exact) mass is 411 g/mol. The quantitative estimate of drug-likeness (QED) is 0.461. The summed E-state index contributed by atoms with van der Waals surface area (Å²) in [7, 11) is 0. The van der Waals surface area contributed by atoms with E-state index in [1.54, 1.807) is 18.2 Å². The number of aromatic nitrogens is 4. The molecule has 0 spiro atoms. The Hall–Kier alpha value is -3.09. The molecular formula is C20H15Cl2N5O. The Bertz CT molecular complexity index is 1070. The molecule has 8 heteroatoms. The Morgan fingerprint density at radius 1 is 0.929 bits per heavy atom. The van der Waals surface area contributed by atoms with Crippen molar-refractivity contribution in [2.45, 2.75) is 6.54 Å². The van der Waals surface area contributed by atoms with Gasteiger partial charge in [0.25, 0.3) is 0 Å². The molecule has 0 aliphatic carbocycles. The Morgan fingerprint density at radius 3 is 2.50 bits per heavy atom. The molecule has 4 rings (SSSR count). The van der Waals surface area contributed by atoms with Gasteiger partial charge in [-0.05, 0) is 58.5 Å². The average molecular weight is 412 g/mol. The van der Waals surface area contributed by atoms with Crippen LogP contribution in [0.15, 0.2) is 72.8 Å². The molecule has 0 saturated heterocycles. The third kappa shape index (κ3) is 4.24. The molecule has 0 aliphatic rings. The van der Waals surface area contributed by atoms with Crippen LogP contribution < -0.4 is 10.1 Å². The minimum atomic E-state index is 0.294. The van der Waals surface area contributed by atoms with Crippen LogP contribution >= 0.6 is 23.2 Å². The van der Waals surface area contributed by atoms with Crippen LogP contribution in [-0.4, -0.2) is 20.2 Å². The van der Waals surface area contributed by atoms with E-state index in [1.165, 1.54) is 4.68 Å². The van der Waals surface area contributed by atoms with E-state index < -0.39 is 0 Å². The Balaban J connectivity index is 1.43. The molecule has 0 unspecified atom stereocenters. The maximum absolute atomic E-state index is 6.17. The molecule has 0 saturated carbocycles. The molecule has 0 amide bonds. The number of nitrogens with one attached hydrogen (secondary N) is 1. The summed E-state index contributed by atoms with van der Waals surface area (Å²) in [6.07, 6.45) is 0. The minimum Gasteiger partial charge on any atom is -0.423 e. The zero-order valence-electron chi connectivity index (χ0n) is 14.6. The number of tetrazole rings is 1. The molecule has 0 radical (unpaired) electrons. The van der Waals surface area contributed by atoms with Gasteiger partial charge in [0.15, 0.2) is 0 Å². The molecule has 0 bridgehead atoms. The van der Waals surface area contributed by atoms with E-state index in [1.807, 2.05) is 54.6 Å². The minimum absolute atomic E-state index is 0.294. The van der Waals surface area contributed by atoms with Gasteiger partial charge in [0.2, 0.25) is 0 Å². The molecule has 0 atom stereocenters. The van der Waals surface area contributed by atoms with E-state index in [0.717, 1.165) is 16.9 Å². The van der Waals surface area contributed by atoms with Gasteiger partial charge in [-0.3, -0.25) is 0 Å². The summed E-state index contributed by atoms with van der Waals surface area (Å²) in [5.74, 6) is 0.636. The van der Waals surface area contributed by atoms with Crippen molar-refractivity contribution in [1.82, 2.24) is 20.2 Å². The van der Waals surface area contributed by atoms with Crippen LogP contribution in [0.4, 0.5) is 5.69 Å². The van der Waals surface area contributed by atoms with Crippen LogP contribution in [0.2, 0.25) is 10.0 Å². The van der Waals surface area contributed by atoms with Gasteiger partial charge in [-0.15, -0.1) is 0 Å². The Morgan fingerprint density at radius 2 is 1.71 bits per heavy atom. The molecule has 0 fully saturated rings. The Kier molecular flexibility index (Phi) is 5.41. The predicted molar refractivity (Wildman–Crippen MR) is 109 cm³/mol. The predicted octanol–water partition coefficient (Wildman–Crippen LogP) is 5.37. The van der Waals surface area contributed by atoms with Crippen molar-refractivity contribution in [2.24, 2.45) is 0 Å². The zero-order valence-corrected chi connectivity index (χ0v) is 16.1. The number of para-hydroxylation sites is 1. The van der Waals surface area contributed by atoms with Crippen LogP contribution in [-0.2, 0) is 6.54 Å². The summed E-state index contributed by atoms with van der Waals surface area (Å²) in [6, 6.07) is 22.8. The van der Waals surface area contributed by atoms with Crippen LogP contribution in [0.25, 0.3) is 5.69 Å². The van der Waals surface area contributed by atoms with Gasteiger partial charge in [-0.25, -0.2) is 0 Å². The van der Waals surface area contributed by atoms with E-state index >= 15 is 0 Å². The smallest absolute Gasteiger partial charge is 0.345 e. The first-order valence-electron chi connectivity index (χ1n) is 8.48. The van der Waals surface area contributed by atoms with Crippen molar-refractivity contribution in [3.05, 3.63) is 88.4 Å². The van der Waals surface area contributed by atoms with E-state index in [0.29, 0.717) is 28.3 Å². The number of rotatable bonds is 6. The van der Waals surface area contributed by atoms with E-state index in [2.05, 4.69) is 20.8 Å². The highest BCUT2D eigenvalue weighted by atomic mass is 35.5. The highest BCUT2D eigenvalue weighted by Crippen LogP contribution is 2.26. The summed E-state index contributed by atoms with van der Waals surface area (Å²) in [5, 5.41) is 16.1. The number of hydrogen-bond donors (Lipinski definition) is 1. The molecule has 1 aromatic heterocycles. The second-order valence-electron chi connectivity index (χ2n) is 5.93. The summed E-state index contributed by atoms with van der Waals surface area (Å²) < 4.78 is 7.36. The van der Waals surface area contributed by atoms with Crippen LogP contribution in [0, 0.1) is 0 Å². The maximum atomic E-state index is 6.17. The normalized spacial score (nSPS) is 10.6. The summed E-state index contributed by atoms with van der Waals surface area (Å²) in [5.41, 5.74) is 2.67. The van der Waals surface area contributed by atoms with Crippen molar-refractivity contribution >= 4 is 28.9 Å². The first-order valence-corrected chi connectivity index (χ1v) is 9.24. The molecule has 140 valence electrons. The summed E-state index contributed by atoms with van der Waals surface area (Å²) >= 11 is 12.2. The maximum Gasteiger partial charge on any atom is 0.345 e. The number of anilines is 1. The number of benzene rings is 3. The lowest BCUT2D eigenvalue weighted by molar-refractivity contribution is 0.427. The fourth-order valence-corrected chi connectivity index (χ4v) is 2.94. The standard InChI is InChI=1S/C20H15Cl2N5O/c21-15-8-11-18(22)19(12-15)23-13-14-6-9-17(10-7-14)28-20-24-25-26-27(20)16-4-2-1-3-5-16/h1-12,23H,13H2. The van der Waals surface area contributed by atoms with Crippen molar-refractivity contribution in [1.29, 1.82) is 0 Å². The lowest BCUT2D eigenvalue weighted by Crippen LogP contribution is -2.01. The third-order valence-electron chi connectivity index (χ3n) is 3.99. The topological polar surface area (TPSA) is 64.9 Å². The second-order valence-corrected chi connectivity index (χ2v) is 6.78. The number of nitrogens with zero attached hydrogens (tertiary/aromatic N) is 4. The number of halogens is 2. The number of ether oxygens (including phenoxy) is 1. The first-order chi connectivity index (χ1) is 13.7. The van der Waals surface area contributed by atoms with Gasteiger partial charge in [0.1, 0.15) is 5.75 Å². The van der Waals surface area contributed by atoms with Crippen LogP contribution in [0.1, 0.15) is 5.56 Å². The highest BCUT2D eigenvalue weighted by Gasteiger charge is 2.10. The van der Waals surface area contributed by atoms with Gasteiger partial charge in [-0.2, -0.15) is 4.68 Å².